The number of aromatic nitrogens is 2. The van der Waals surface area contributed by atoms with Crippen LogP contribution < -0.4 is 10.6 Å². The summed E-state index contributed by atoms with van der Waals surface area (Å²) in [6, 6.07) is 10.7. The number of nitrogens with zero attached hydrogens (tertiary/aromatic N) is 3. The molecule has 0 aliphatic carbocycles. The van der Waals surface area contributed by atoms with Gasteiger partial charge in [0, 0.05) is 24.2 Å². The Morgan fingerprint density at radius 1 is 1.11 bits per heavy atom. The Morgan fingerprint density at radius 3 is 2.63 bits per heavy atom. The van der Waals surface area contributed by atoms with Gasteiger partial charge in [0.2, 0.25) is 10.3 Å². The average Bonchev–Trinajstić information content (AvgIpc) is 3.10. The molecule has 3 aromatic rings. The molecule has 2 N–H and O–H groups in total. The number of carbonyl (C=O) groups is 1. The van der Waals surface area contributed by atoms with Crippen LogP contribution in [0.4, 0.5) is 16.0 Å². The lowest BCUT2D eigenvalue weighted by molar-refractivity contribution is -0.384. The number of halogens is 2. The first-order valence-electron chi connectivity index (χ1n) is 7.49. The molecule has 138 valence electrons. The van der Waals surface area contributed by atoms with Crippen molar-refractivity contribution in [2.45, 2.75) is 6.54 Å². The van der Waals surface area contributed by atoms with Crippen molar-refractivity contribution in [2.75, 3.05) is 10.6 Å². The summed E-state index contributed by atoms with van der Waals surface area (Å²) in [7, 11) is 0. The second-order valence-electron chi connectivity index (χ2n) is 5.28. The first-order valence-corrected chi connectivity index (χ1v) is 9.07. The summed E-state index contributed by atoms with van der Waals surface area (Å²) in [4.78, 5) is 22.4. The van der Waals surface area contributed by atoms with Gasteiger partial charge in [0.15, 0.2) is 0 Å². The second-order valence-corrected chi connectivity index (χ2v) is 7.07. The molecular weight excluding hydrogens is 413 g/mol. The maximum Gasteiger partial charge on any atom is 0.270 e. The van der Waals surface area contributed by atoms with Gasteiger partial charge in [0.1, 0.15) is 0 Å². The molecule has 0 radical (unpaired) electrons. The topological polar surface area (TPSA) is 110 Å². The zero-order valence-electron chi connectivity index (χ0n) is 13.5. The number of nitro groups is 1. The van der Waals surface area contributed by atoms with E-state index < -0.39 is 10.8 Å². The summed E-state index contributed by atoms with van der Waals surface area (Å²) >= 11 is 13.0. The van der Waals surface area contributed by atoms with E-state index >= 15 is 0 Å². The highest BCUT2D eigenvalue weighted by Crippen LogP contribution is 2.25. The van der Waals surface area contributed by atoms with Gasteiger partial charge in [-0.3, -0.25) is 20.2 Å². The molecule has 0 unspecified atom stereocenters. The minimum absolute atomic E-state index is 0.157. The van der Waals surface area contributed by atoms with E-state index in [1.54, 1.807) is 12.1 Å². The third-order valence-electron chi connectivity index (χ3n) is 3.39. The van der Waals surface area contributed by atoms with E-state index in [1.165, 1.54) is 24.3 Å². The highest BCUT2D eigenvalue weighted by Gasteiger charge is 2.14. The third kappa shape index (κ3) is 4.91. The van der Waals surface area contributed by atoms with Gasteiger partial charge in [0.25, 0.3) is 11.6 Å². The molecule has 3 rings (SSSR count). The van der Waals surface area contributed by atoms with Gasteiger partial charge >= 0.3 is 0 Å². The van der Waals surface area contributed by atoms with Crippen LogP contribution in [0.15, 0.2) is 42.5 Å². The average molecular weight is 424 g/mol. The van der Waals surface area contributed by atoms with Crippen LogP contribution in [0.2, 0.25) is 10.0 Å². The maximum absolute atomic E-state index is 12.2. The molecule has 0 aliphatic heterocycles. The smallest absolute Gasteiger partial charge is 0.270 e. The van der Waals surface area contributed by atoms with Crippen LogP contribution in [-0.4, -0.2) is 21.0 Å². The van der Waals surface area contributed by atoms with Crippen molar-refractivity contribution in [1.82, 2.24) is 10.2 Å². The number of rotatable bonds is 6. The fourth-order valence-electron chi connectivity index (χ4n) is 2.10. The van der Waals surface area contributed by atoms with Gasteiger partial charge in [-0.15, -0.1) is 10.2 Å². The van der Waals surface area contributed by atoms with E-state index in [-0.39, 0.29) is 16.4 Å². The number of carbonyl (C=O) groups excluding carboxylic acids is 1. The summed E-state index contributed by atoms with van der Waals surface area (Å²) in [6.07, 6.45) is 0. The summed E-state index contributed by atoms with van der Waals surface area (Å²) in [5.74, 6) is -0.508. The maximum atomic E-state index is 12.2. The second kappa shape index (κ2) is 8.30. The predicted molar refractivity (Wildman–Crippen MR) is 105 cm³/mol. The molecule has 0 saturated heterocycles. The van der Waals surface area contributed by atoms with Crippen LogP contribution in [0.1, 0.15) is 15.9 Å². The number of benzene rings is 2. The number of hydrogen-bond acceptors (Lipinski definition) is 7. The molecule has 0 spiro atoms. The van der Waals surface area contributed by atoms with E-state index in [1.807, 2.05) is 6.07 Å². The highest BCUT2D eigenvalue weighted by molar-refractivity contribution is 7.19. The number of nitrogens with one attached hydrogen (secondary N) is 2. The highest BCUT2D eigenvalue weighted by atomic mass is 35.5. The number of non-ortho nitro benzene ring substituents is 1. The molecule has 1 aromatic heterocycles. The van der Waals surface area contributed by atoms with Crippen molar-refractivity contribution in [3.63, 3.8) is 0 Å². The van der Waals surface area contributed by atoms with Crippen molar-refractivity contribution in [3.8, 4) is 0 Å². The summed E-state index contributed by atoms with van der Waals surface area (Å²) in [5.41, 5.74) is 0.899. The molecule has 8 nitrogen and oxygen atoms in total. The Bertz CT molecular complexity index is 1010. The molecular formula is C16H11Cl2N5O3S. The molecule has 0 fully saturated rings. The molecule has 27 heavy (non-hydrogen) atoms. The van der Waals surface area contributed by atoms with Crippen LogP contribution in [-0.2, 0) is 6.54 Å². The largest absolute Gasteiger partial charge is 0.356 e. The van der Waals surface area contributed by atoms with Crippen LogP contribution in [0, 0.1) is 10.1 Å². The molecule has 0 atom stereocenters. The first-order chi connectivity index (χ1) is 12.9. The molecule has 0 saturated carbocycles. The van der Waals surface area contributed by atoms with Crippen molar-refractivity contribution < 1.29 is 9.72 Å². The Balaban J connectivity index is 1.62. The quantitative estimate of drug-likeness (QED) is 0.442. The summed E-state index contributed by atoms with van der Waals surface area (Å²) in [6.45, 7) is 0.449. The van der Waals surface area contributed by atoms with E-state index in [4.69, 9.17) is 23.2 Å². The summed E-state index contributed by atoms with van der Waals surface area (Å²) < 4.78 is 0. The van der Waals surface area contributed by atoms with E-state index in [0.29, 0.717) is 21.7 Å². The fraction of sp³-hybridized carbons (Fsp3) is 0.0625. The number of amides is 1. The first kappa shape index (κ1) is 19.0. The molecule has 11 heteroatoms. The lowest BCUT2D eigenvalue weighted by Gasteiger charge is -2.04. The summed E-state index contributed by atoms with van der Waals surface area (Å²) in [5, 5.41) is 25.9. The Hall–Kier alpha value is -2.75. The van der Waals surface area contributed by atoms with Crippen molar-refractivity contribution in [1.29, 1.82) is 0 Å². The van der Waals surface area contributed by atoms with Crippen LogP contribution in [0.5, 0.6) is 0 Å². The molecule has 0 aliphatic rings. The van der Waals surface area contributed by atoms with E-state index in [2.05, 4.69) is 20.8 Å². The van der Waals surface area contributed by atoms with Gasteiger partial charge < -0.3 is 5.32 Å². The van der Waals surface area contributed by atoms with E-state index in [0.717, 1.165) is 16.9 Å². The van der Waals surface area contributed by atoms with Crippen LogP contribution in [0.25, 0.3) is 0 Å². The van der Waals surface area contributed by atoms with Crippen LogP contribution in [0.3, 0.4) is 0 Å². The monoisotopic (exact) mass is 423 g/mol. The Morgan fingerprint density at radius 2 is 1.89 bits per heavy atom. The van der Waals surface area contributed by atoms with Gasteiger partial charge in [0.05, 0.1) is 15.0 Å². The van der Waals surface area contributed by atoms with Gasteiger partial charge in [-0.05, 0) is 23.8 Å². The number of hydrogen-bond donors (Lipinski definition) is 2. The molecule has 2 aromatic carbocycles. The van der Waals surface area contributed by atoms with Gasteiger partial charge in [-0.1, -0.05) is 46.7 Å². The fourth-order valence-corrected chi connectivity index (χ4v) is 3.06. The lowest BCUT2D eigenvalue weighted by atomic mass is 10.2. The predicted octanol–water partition coefficient (Wildman–Crippen LogP) is 4.62. The zero-order valence-corrected chi connectivity index (χ0v) is 15.8. The van der Waals surface area contributed by atoms with Gasteiger partial charge in [-0.2, -0.15) is 0 Å². The normalized spacial score (nSPS) is 10.4. The van der Waals surface area contributed by atoms with Gasteiger partial charge in [-0.25, -0.2) is 0 Å². The van der Waals surface area contributed by atoms with Crippen molar-refractivity contribution >= 4 is 56.4 Å². The van der Waals surface area contributed by atoms with Crippen molar-refractivity contribution in [3.05, 3.63) is 73.8 Å². The standard InChI is InChI=1S/C16H11Cl2N5O3S/c17-12-5-4-9(6-13(12)18)8-19-15-21-22-16(27-15)20-14(24)10-2-1-3-11(7-10)23(25)26/h1-7H,8H2,(H,19,21)(H,20,22,24). The molecule has 0 bridgehead atoms. The third-order valence-corrected chi connectivity index (χ3v) is 4.93. The number of nitro benzene ring substituents is 1. The Kier molecular flexibility index (Phi) is 5.84. The zero-order chi connectivity index (χ0) is 19.4. The molecule has 1 amide bonds. The van der Waals surface area contributed by atoms with Crippen molar-refractivity contribution in [2.24, 2.45) is 0 Å². The Labute approximate surface area is 167 Å². The minimum Gasteiger partial charge on any atom is -0.356 e. The lowest BCUT2D eigenvalue weighted by Crippen LogP contribution is -2.11. The minimum atomic E-state index is -0.563. The van der Waals surface area contributed by atoms with Crippen LogP contribution >= 0.6 is 34.5 Å². The molecule has 1 heterocycles. The van der Waals surface area contributed by atoms with E-state index in [9.17, 15) is 14.9 Å². The number of anilines is 2. The SMILES string of the molecule is O=C(Nc1nnc(NCc2ccc(Cl)c(Cl)c2)s1)c1cccc([N+](=O)[O-])c1.